The number of phosphoric acid groups is 1. The first-order chi connectivity index (χ1) is 14.0. The van der Waals surface area contributed by atoms with Gasteiger partial charge in [-0.1, -0.05) is 76.9 Å². The van der Waals surface area contributed by atoms with E-state index in [2.05, 4.69) is 23.6 Å². The summed E-state index contributed by atoms with van der Waals surface area (Å²) in [7, 11) is -2.86. The second-order valence-electron chi connectivity index (χ2n) is 7.66. The summed E-state index contributed by atoms with van der Waals surface area (Å²) in [6, 6.07) is 0. The number of allylic oxidation sites excluding steroid dienone is 2. The first-order valence-electron chi connectivity index (χ1n) is 11.4. The number of ether oxygens (including phenoxy) is 1. The molecule has 0 aliphatic rings. The number of rotatable bonds is 22. The van der Waals surface area contributed by atoms with E-state index < -0.39 is 7.82 Å². The molecule has 0 rings (SSSR count). The molecule has 0 aromatic rings. The molecule has 5 nitrogen and oxygen atoms in total. The smallest absolute Gasteiger partial charge is 0.378 e. The lowest BCUT2D eigenvalue weighted by molar-refractivity contribution is 0.0605. The van der Waals surface area contributed by atoms with Crippen molar-refractivity contribution >= 4 is 19.6 Å². The van der Waals surface area contributed by atoms with Gasteiger partial charge in [-0.05, 0) is 37.9 Å². The van der Waals surface area contributed by atoms with Crippen LogP contribution in [0.1, 0.15) is 96.8 Å². The van der Waals surface area contributed by atoms with Crippen LogP contribution in [0.25, 0.3) is 0 Å². The Morgan fingerprint density at radius 2 is 1.38 bits per heavy atom. The molecule has 1 unspecified atom stereocenters. The molecule has 7 heteroatoms. The molecule has 0 bridgehead atoms. The highest BCUT2D eigenvalue weighted by Crippen LogP contribution is 2.36. The molecule has 0 aliphatic carbocycles. The van der Waals surface area contributed by atoms with Crippen molar-refractivity contribution in [2.75, 3.05) is 25.2 Å². The number of unbranched alkanes of at least 4 members (excludes halogenated alkanes) is 12. The van der Waals surface area contributed by atoms with Gasteiger partial charge >= 0.3 is 7.82 Å². The van der Waals surface area contributed by atoms with Crippen LogP contribution >= 0.6 is 19.6 Å². The molecule has 0 heterocycles. The fraction of sp³-hybridized carbons (Fsp3) is 0.909. The lowest BCUT2D eigenvalue weighted by atomic mass is 10.1. The highest BCUT2D eigenvalue weighted by Gasteiger charge is 2.17. The molecular weight excluding hydrogens is 407 g/mol. The summed E-state index contributed by atoms with van der Waals surface area (Å²) < 4.78 is 20.4. The Bertz CT molecular complexity index is 414. The Labute approximate surface area is 183 Å². The minimum absolute atomic E-state index is 0.0683. The van der Waals surface area contributed by atoms with Crippen LogP contribution in [0.3, 0.4) is 0 Å². The van der Waals surface area contributed by atoms with Gasteiger partial charge in [0, 0.05) is 12.9 Å². The van der Waals surface area contributed by atoms with Crippen LogP contribution in [0.5, 0.6) is 0 Å². The molecule has 0 saturated carbocycles. The summed E-state index contributed by atoms with van der Waals surface area (Å²) in [4.78, 5) is 17.4. The summed E-state index contributed by atoms with van der Waals surface area (Å²) >= 11 is 1.76. The number of hydrogen-bond acceptors (Lipinski definition) is 4. The Balaban J connectivity index is 3.30. The normalized spacial score (nSPS) is 13.4. The van der Waals surface area contributed by atoms with Crippen molar-refractivity contribution < 1.29 is 23.6 Å². The molecule has 29 heavy (non-hydrogen) atoms. The maximum Gasteiger partial charge on any atom is 0.469 e. The fourth-order valence-corrected chi connectivity index (χ4v) is 4.46. The monoisotopic (exact) mass is 452 g/mol. The zero-order valence-corrected chi connectivity index (χ0v) is 20.4. The lowest BCUT2D eigenvalue weighted by Crippen LogP contribution is -2.20. The standard InChI is InChI=1S/C22H45O5PS/c1-3-4-5-6-7-8-9-10-11-12-13-14-15-16-17-18-19-29-21-22(26-2)20-27-28(23,24)25/h10-11,22H,3-9,12-21H2,1-2H3,(H2,23,24,25)/b11-10+. The van der Waals surface area contributed by atoms with Gasteiger partial charge in [0.1, 0.15) is 0 Å². The van der Waals surface area contributed by atoms with Crippen molar-refractivity contribution in [3.63, 3.8) is 0 Å². The molecule has 0 spiro atoms. The van der Waals surface area contributed by atoms with Crippen molar-refractivity contribution in [2.45, 2.75) is 103 Å². The minimum Gasteiger partial charge on any atom is -0.378 e. The van der Waals surface area contributed by atoms with Crippen LogP contribution in [-0.2, 0) is 13.8 Å². The van der Waals surface area contributed by atoms with Gasteiger partial charge in [-0.25, -0.2) is 4.57 Å². The zero-order chi connectivity index (χ0) is 21.6. The SMILES string of the molecule is CCCCCCCC/C=C/CCCCCCCCSCC(COP(=O)(O)O)OC. The van der Waals surface area contributed by atoms with Crippen molar-refractivity contribution in [1.29, 1.82) is 0 Å². The third-order valence-corrected chi connectivity index (χ3v) is 6.54. The molecule has 0 aromatic heterocycles. The van der Waals surface area contributed by atoms with Crippen LogP contribution in [0.15, 0.2) is 12.2 Å². The van der Waals surface area contributed by atoms with Crippen molar-refractivity contribution in [3.05, 3.63) is 12.2 Å². The van der Waals surface area contributed by atoms with E-state index in [-0.39, 0.29) is 12.7 Å². The third kappa shape index (κ3) is 24.3. The van der Waals surface area contributed by atoms with E-state index in [4.69, 9.17) is 14.5 Å². The average molecular weight is 453 g/mol. The summed E-state index contributed by atoms with van der Waals surface area (Å²) in [5, 5.41) is 0. The molecule has 1 atom stereocenters. The molecule has 0 aromatic carbocycles. The van der Waals surface area contributed by atoms with Gasteiger partial charge in [-0.2, -0.15) is 11.8 Å². The maximum atomic E-state index is 10.7. The van der Waals surface area contributed by atoms with E-state index in [1.165, 1.54) is 97.0 Å². The summed E-state index contributed by atoms with van der Waals surface area (Å²) in [5.74, 6) is 1.75. The van der Waals surface area contributed by atoms with Gasteiger partial charge in [-0.15, -0.1) is 0 Å². The van der Waals surface area contributed by atoms with Crippen molar-refractivity contribution in [3.8, 4) is 0 Å². The van der Waals surface area contributed by atoms with Gasteiger partial charge in [0.15, 0.2) is 0 Å². The number of hydrogen-bond donors (Lipinski definition) is 2. The van der Waals surface area contributed by atoms with Crippen LogP contribution in [0, 0.1) is 0 Å². The van der Waals surface area contributed by atoms with Crippen LogP contribution in [0.2, 0.25) is 0 Å². The van der Waals surface area contributed by atoms with E-state index in [0.29, 0.717) is 5.75 Å². The van der Waals surface area contributed by atoms with Crippen LogP contribution in [-0.4, -0.2) is 41.1 Å². The maximum absolute atomic E-state index is 10.7. The highest BCUT2D eigenvalue weighted by atomic mass is 32.2. The van der Waals surface area contributed by atoms with Crippen LogP contribution < -0.4 is 0 Å². The van der Waals surface area contributed by atoms with Gasteiger partial charge in [0.05, 0.1) is 12.7 Å². The summed E-state index contributed by atoms with van der Waals surface area (Å²) in [5.41, 5.74) is 0. The largest absolute Gasteiger partial charge is 0.469 e. The molecule has 2 N–H and O–H groups in total. The summed E-state index contributed by atoms with van der Waals surface area (Å²) in [6.07, 6.45) is 22.8. The molecular formula is C22H45O5PS. The minimum atomic E-state index is -4.40. The van der Waals surface area contributed by atoms with Crippen molar-refractivity contribution in [2.24, 2.45) is 0 Å². The Morgan fingerprint density at radius 3 is 1.90 bits per heavy atom. The second-order valence-corrected chi connectivity index (χ2v) is 10.0. The molecule has 0 aliphatic heterocycles. The quantitative estimate of drug-likeness (QED) is 0.106. The van der Waals surface area contributed by atoms with Crippen molar-refractivity contribution in [1.82, 2.24) is 0 Å². The Morgan fingerprint density at radius 1 is 0.862 bits per heavy atom. The van der Waals surface area contributed by atoms with E-state index >= 15 is 0 Å². The summed E-state index contributed by atoms with van der Waals surface area (Å²) in [6.45, 7) is 2.20. The van der Waals surface area contributed by atoms with Gasteiger partial charge in [0.25, 0.3) is 0 Å². The van der Waals surface area contributed by atoms with Gasteiger partial charge in [0.2, 0.25) is 0 Å². The van der Waals surface area contributed by atoms with E-state index in [1.54, 1.807) is 11.8 Å². The van der Waals surface area contributed by atoms with Crippen LogP contribution in [0.4, 0.5) is 0 Å². The second kappa shape index (κ2) is 21.4. The first-order valence-corrected chi connectivity index (χ1v) is 14.1. The number of methoxy groups -OCH3 is 1. The zero-order valence-electron chi connectivity index (χ0n) is 18.7. The molecule has 174 valence electrons. The lowest BCUT2D eigenvalue weighted by Gasteiger charge is -2.15. The van der Waals surface area contributed by atoms with E-state index in [9.17, 15) is 4.57 Å². The predicted octanol–water partition coefficient (Wildman–Crippen LogP) is 6.88. The molecule has 0 amide bonds. The topological polar surface area (TPSA) is 76.0 Å². The Hall–Kier alpha value is 0.160. The fourth-order valence-electron chi connectivity index (χ4n) is 3.03. The van der Waals surface area contributed by atoms with Gasteiger partial charge < -0.3 is 14.5 Å². The van der Waals surface area contributed by atoms with Gasteiger partial charge in [-0.3, -0.25) is 4.52 Å². The number of thioether (sulfide) groups is 1. The van der Waals surface area contributed by atoms with E-state index in [0.717, 1.165) is 5.75 Å². The Kier molecular flexibility index (Phi) is 21.5. The number of phosphoric ester groups is 1. The third-order valence-electron chi connectivity index (χ3n) is 4.87. The molecule has 0 saturated heterocycles. The predicted molar refractivity (Wildman–Crippen MR) is 126 cm³/mol. The highest BCUT2D eigenvalue weighted by molar-refractivity contribution is 7.99. The molecule has 0 radical (unpaired) electrons. The average Bonchev–Trinajstić information content (AvgIpc) is 2.68. The molecule has 0 fully saturated rings. The van der Waals surface area contributed by atoms with E-state index in [1.807, 2.05) is 0 Å². The first kappa shape index (κ1) is 29.2.